The molecule has 0 saturated carbocycles. The molecule has 0 bridgehead atoms. The standard InChI is InChI=1S/C16H21NO3/c18-13-4-3-12-5-7-17-6-1-2-11-10-20-15(19)8-14(11)16(12,17)9-13/h3,8,11,13,18H,1-2,4-7,9-10H2/t11-,13+,16+/m1/s1. The molecule has 0 aromatic carbocycles. The highest BCUT2D eigenvalue weighted by Crippen LogP contribution is 2.51. The Morgan fingerprint density at radius 1 is 1.40 bits per heavy atom. The van der Waals surface area contributed by atoms with Gasteiger partial charge in [0.05, 0.1) is 18.2 Å². The molecular weight excluding hydrogens is 254 g/mol. The van der Waals surface area contributed by atoms with Crippen molar-refractivity contribution in [3.8, 4) is 0 Å². The lowest BCUT2D eigenvalue weighted by Crippen LogP contribution is -2.51. The molecule has 4 heteroatoms. The minimum absolute atomic E-state index is 0.182. The van der Waals surface area contributed by atoms with Crippen LogP contribution in [0.2, 0.25) is 0 Å². The van der Waals surface area contributed by atoms with Crippen molar-refractivity contribution < 1.29 is 14.6 Å². The lowest BCUT2D eigenvalue weighted by molar-refractivity contribution is -0.140. The molecule has 1 aliphatic carbocycles. The average Bonchev–Trinajstić information content (AvgIpc) is 2.72. The van der Waals surface area contributed by atoms with Gasteiger partial charge in [0.15, 0.2) is 0 Å². The van der Waals surface area contributed by atoms with Crippen molar-refractivity contribution >= 4 is 5.97 Å². The number of carbonyl (C=O) groups excluding carboxylic acids is 1. The lowest BCUT2D eigenvalue weighted by Gasteiger charge is -2.46. The molecule has 1 N–H and O–H groups in total. The second-order valence-electron chi connectivity index (χ2n) is 6.49. The fraction of sp³-hybridized carbons (Fsp3) is 0.688. The molecule has 0 amide bonds. The van der Waals surface area contributed by atoms with Gasteiger partial charge in [-0.1, -0.05) is 6.08 Å². The number of fused-ring (bicyclic) bond motifs is 1. The maximum atomic E-state index is 11.8. The van der Waals surface area contributed by atoms with Crippen LogP contribution in [0.25, 0.3) is 0 Å². The van der Waals surface area contributed by atoms with E-state index in [-0.39, 0.29) is 17.6 Å². The second kappa shape index (κ2) is 4.43. The third kappa shape index (κ3) is 1.64. The molecular formula is C16H21NO3. The van der Waals surface area contributed by atoms with E-state index in [9.17, 15) is 9.90 Å². The number of carbonyl (C=O) groups is 1. The van der Waals surface area contributed by atoms with Gasteiger partial charge in [0.25, 0.3) is 0 Å². The van der Waals surface area contributed by atoms with E-state index in [0.29, 0.717) is 12.5 Å². The van der Waals surface area contributed by atoms with E-state index < -0.39 is 0 Å². The highest BCUT2D eigenvalue weighted by Gasteiger charge is 2.53. The smallest absolute Gasteiger partial charge is 0.330 e. The van der Waals surface area contributed by atoms with Crippen LogP contribution >= 0.6 is 0 Å². The first-order valence-electron chi connectivity index (χ1n) is 7.71. The Morgan fingerprint density at radius 3 is 3.20 bits per heavy atom. The summed E-state index contributed by atoms with van der Waals surface area (Å²) in [5.41, 5.74) is 2.46. The van der Waals surface area contributed by atoms with Crippen molar-refractivity contribution in [1.29, 1.82) is 0 Å². The van der Waals surface area contributed by atoms with Gasteiger partial charge >= 0.3 is 5.97 Å². The van der Waals surface area contributed by atoms with Crippen molar-refractivity contribution in [2.45, 2.75) is 43.7 Å². The number of hydrogen-bond acceptors (Lipinski definition) is 4. The van der Waals surface area contributed by atoms with Crippen LogP contribution in [-0.2, 0) is 9.53 Å². The monoisotopic (exact) mass is 275 g/mol. The zero-order chi connectivity index (χ0) is 13.7. The predicted octanol–water partition coefficient (Wildman–Crippen LogP) is 1.41. The summed E-state index contributed by atoms with van der Waals surface area (Å²) >= 11 is 0. The van der Waals surface area contributed by atoms with Gasteiger partial charge in [-0.2, -0.15) is 0 Å². The molecule has 20 heavy (non-hydrogen) atoms. The quantitative estimate of drug-likeness (QED) is 0.536. The first-order valence-corrected chi connectivity index (χ1v) is 7.71. The van der Waals surface area contributed by atoms with E-state index in [4.69, 9.17) is 4.74 Å². The topological polar surface area (TPSA) is 49.8 Å². The van der Waals surface area contributed by atoms with E-state index in [0.717, 1.165) is 45.2 Å². The van der Waals surface area contributed by atoms with Crippen molar-refractivity contribution in [1.82, 2.24) is 4.90 Å². The summed E-state index contributed by atoms with van der Waals surface area (Å²) in [6.07, 6.45) is 8.46. The maximum Gasteiger partial charge on any atom is 0.330 e. The van der Waals surface area contributed by atoms with Crippen LogP contribution in [0.5, 0.6) is 0 Å². The zero-order valence-electron chi connectivity index (χ0n) is 11.7. The molecule has 3 aliphatic heterocycles. The summed E-state index contributed by atoms with van der Waals surface area (Å²) in [6.45, 7) is 2.63. The lowest BCUT2D eigenvalue weighted by atomic mass is 9.70. The van der Waals surface area contributed by atoms with E-state index in [2.05, 4.69) is 11.0 Å². The summed E-state index contributed by atoms with van der Waals surface area (Å²) in [6, 6.07) is 0. The number of ether oxygens (including phenoxy) is 1. The molecule has 4 nitrogen and oxygen atoms in total. The molecule has 3 heterocycles. The van der Waals surface area contributed by atoms with Crippen LogP contribution in [0, 0.1) is 5.92 Å². The average molecular weight is 275 g/mol. The fourth-order valence-corrected chi connectivity index (χ4v) is 4.66. The zero-order valence-corrected chi connectivity index (χ0v) is 11.7. The summed E-state index contributed by atoms with van der Waals surface area (Å²) in [5, 5.41) is 10.2. The number of aliphatic hydroxyl groups is 1. The van der Waals surface area contributed by atoms with Gasteiger partial charge in [0.1, 0.15) is 0 Å². The van der Waals surface area contributed by atoms with Crippen molar-refractivity contribution in [3.05, 3.63) is 23.3 Å². The molecule has 0 aromatic rings. The van der Waals surface area contributed by atoms with E-state index >= 15 is 0 Å². The van der Waals surface area contributed by atoms with Crippen molar-refractivity contribution in [2.75, 3.05) is 19.7 Å². The van der Waals surface area contributed by atoms with Gasteiger partial charge in [0.2, 0.25) is 0 Å². The molecule has 4 rings (SSSR count). The largest absolute Gasteiger partial charge is 0.462 e. The third-order valence-corrected chi connectivity index (χ3v) is 5.49. The number of cyclic esters (lactones) is 1. The predicted molar refractivity (Wildman–Crippen MR) is 74.0 cm³/mol. The molecule has 108 valence electrons. The van der Waals surface area contributed by atoms with Gasteiger partial charge in [-0.25, -0.2) is 4.79 Å². The molecule has 3 atom stereocenters. The van der Waals surface area contributed by atoms with Gasteiger partial charge in [0, 0.05) is 18.5 Å². The van der Waals surface area contributed by atoms with Gasteiger partial charge in [-0.05, 0) is 49.8 Å². The van der Waals surface area contributed by atoms with E-state index in [1.807, 2.05) is 0 Å². The Bertz CT molecular complexity index is 510. The van der Waals surface area contributed by atoms with Crippen LogP contribution in [0.15, 0.2) is 23.3 Å². The number of hydrogen-bond donors (Lipinski definition) is 1. The van der Waals surface area contributed by atoms with Crippen molar-refractivity contribution in [2.24, 2.45) is 5.92 Å². The number of esters is 1. The third-order valence-electron chi connectivity index (χ3n) is 5.49. The molecule has 2 fully saturated rings. The normalized spacial score (nSPS) is 40.8. The molecule has 0 aromatic heterocycles. The van der Waals surface area contributed by atoms with Gasteiger partial charge < -0.3 is 9.84 Å². The minimum Gasteiger partial charge on any atom is -0.462 e. The van der Waals surface area contributed by atoms with E-state index in [1.165, 1.54) is 11.1 Å². The van der Waals surface area contributed by atoms with Crippen LogP contribution in [0.4, 0.5) is 0 Å². The first kappa shape index (κ1) is 12.6. The van der Waals surface area contributed by atoms with E-state index in [1.54, 1.807) is 6.08 Å². The molecule has 0 unspecified atom stereocenters. The number of rotatable bonds is 0. The van der Waals surface area contributed by atoms with Crippen LogP contribution in [0.1, 0.15) is 32.1 Å². The summed E-state index contributed by atoms with van der Waals surface area (Å²) in [5.74, 6) is 0.128. The van der Waals surface area contributed by atoms with Gasteiger partial charge in [-0.15, -0.1) is 0 Å². The molecule has 1 spiro atoms. The molecule has 0 radical (unpaired) electrons. The van der Waals surface area contributed by atoms with Crippen LogP contribution in [0.3, 0.4) is 0 Å². The Kier molecular flexibility index (Phi) is 2.79. The Morgan fingerprint density at radius 2 is 2.30 bits per heavy atom. The highest BCUT2D eigenvalue weighted by atomic mass is 16.5. The summed E-state index contributed by atoms with van der Waals surface area (Å²) in [4.78, 5) is 14.3. The van der Waals surface area contributed by atoms with Crippen molar-refractivity contribution in [3.63, 3.8) is 0 Å². The SMILES string of the molecule is O=C1C=C2[C@H](CCCN3CCC4=CC[C@H](O)C[C@]423)CO1. The maximum absolute atomic E-state index is 11.8. The van der Waals surface area contributed by atoms with Crippen LogP contribution in [-0.4, -0.2) is 47.3 Å². The minimum atomic E-state index is -0.294. The molecule has 4 aliphatic rings. The fourth-order valence-electron chi connectivity index (χ4n) is 4.66. The number of aliphatic hydroxyl groups excluding tert-OH is 1. The second-order valence-corrected chi connectivity index (χ2v) is 6.49. The van der Waals surface area contributed by atoms with Gasteiger partial charge in [-0.3, -0.25) is 4.90 Å². The Hall–Kier alpha value is -1.13. The molecule has 2 saturated heterocycles. The van der Waals surface area contributed by atoms with Crippen LogP contribution < -0.4 is 0 Å². The Balaban J connectivity index is 1.88. The number of nitrogens with zero attached hydrogens (tertiary/aromatic N) is 1. The summed E-state index contributed by atoms with van der Waals surface area (Å²) < 4.78 is 5.24. The Labute approximate surface area is 119 Å². The highest BCUT2D eigenvalue weighted by molar-refractivity contribution is 5.84. The summed E-state index contributed by atoms with van der Waals surface area (Å²) in [7, 11) is 0. The first-order chi connectivity index (χ1) is 9.70.